The van der Waals surface area contributed by atoms with E-state index in [0.29, 0.717) is 23.1 Å². The van der Waals surface area contributed by atoms with Gasteiger partial charge in [-0.3, -0.25) is 4.40 Å². The molecule has 29 heavy (non-hydrogen) atoms. The minimum absolute atomic E-state index is 0.321. The Kier molecular flexibility index (Phi) is 5.56. The smallest absolute Gasteiger partial charge is 0.350 e. The number of ether oxygens (including phenoxy) is 1. The molecule has 2 aromatic heterocycles. The van der Waals surface area contributed by atoms with Crippen molar-refractivity contribution in [1.82, 2.24) is 9.38 Å². The second kappa shape index (κ2) is 8.27. The fourth-order valence-corrected chi connectivity index (χ4v) is 4.42. The van der Waals surface area contributed by atoms with Crippen molar-refractivity contribution < 1.29 is 9.53 Å². The van der Waals surface area contributed by atoms with Crippen molar-refractivity contribution in [3.63, 3.8) is 0 Å². The van der Waals surface area contributed by atoms with E-state index < -0.39 is 0 Å². The number of nitrogens with one attached hydrogen (secondary N) is 1. The van der Waals surface area contributed by atoms with Crippen LogP contribution in [0.15, 0.2) is 54.6 Å². The number of rotatable bonds is 6. The number of benzene rings is 2. The summed E-state index contributed by atoms with van der Waals surface area (Å²) in [6.07, 6.45) is 0. The van der Waals surface area contributed by atoms with Gasteiger partial charge < -0.3 is 10.1 Å². The molecule has 0 atom stereocenters. The molecule has 4 rings (SSSR count). The molecule has 7 heteroatoms. The third kappa shape index (κ3) is 3.86. The molecule has 0 aliphatic carbocycles. The number of fused-ring (bicyclic) bond motifs is 1. The molecule has 0 aliphatic rings. The molecular formula is C22H20ClN3O2S. The number of anilines is 1. The van der Waals surface area contributed by atoms with Crippen molar-refractivity contribution in [2.75, 3.05) is 11.9 Å². The predicted octanol–water partition coefficient (Wildman–Crippen LogP) is 5.81. The van der Waals surface area contributed by atoms with Gasteiger partial charge >= 0.3 is 5.97 Å². The first-order valence-corrected chi connectivity index (χ1v) is 10.5. The summed E-state index contributed by atoms with van der Waals surface area (Å²) in [6.45, 7) is 4.68. The molecule has 0 spiro atoms. The number of esters is 1. The lowest BCUT2D eigenvalue weighted by Gasteiger charge is -2.10. The summed E-state index contributed by atoms with van der Waals surface area (Å²) in [6, 6.07) is 17.8. The van der Waals surface area contributed by atoms with Gasteiger partial charge in [-0.2, -0.15) is 0 Å². The summed E-state index contributed by atoms with van der Waals surface area (Å²) in [4.78, 5) is 18.4. The number of aryl methyl sites for hydroxylation is 1. The Balaban J connectivity index is 1.82. The van der Waals surface area contributed by atoms with Crippen LogP contribution in [0.2, 0.25) is 5.02 Å². The van der Waals surface area contributed by atoms with Gasteiger partial charge in [0.25, 0.3) is 0 Å². The zero-order valence-electron chi connectivity index (χ0n) is 16.1. The number of carbonyl (C=O) groups is 1. The summed E-state index contributed by atoms with van der Waals surface area (Å²) >= 11 is 7.54. The summed E-state index contributed by atoms with van der Waals surface area (Å²) < 4.78 is 7.18. The monoisotopic (exact) mass is 425 g/mol. The number of nitrogens with zero attached hydrogens (tertiary/aromatic N) is 2. The fraction of sp³-hybridized carbons (Fsp3) is 0.182. The molecule has 0 radical (unpaired) electrons. The van der Waals surface area contributed by atoms with Crippen LogP contribution >= 0.6 is 22.9 Å². The molecular weight excluding hydrogens is 406 g/mol. The summed E-state index contributed by atoms with van der Waals surface area (Å²) in [5.41, 5.74) is 3.67. The number of halogens is 1. The number of aromatic nitrogens is 2. The third-order valence-electron chi connectivity index (χ3n) is 4.57. The minimum atomic E-state index is -0.321. The van der Waals surface area contributed by atoms with Gasteiger partial charge in [0.1, 0.15) is 16.4 Å². The van der Waals surface area contributed by atoms with Gasteiger partial charge in [-0.25, -0.2) is 9.78 Å². The molecule has 0 saturated carbocycles. The maximum Gasteiger partial charge on any atom is 0.350 e. The second-order valence-electron chi connectivity index (χ2n) is 6.51. The van der Waals surface area contributed by atoms with Crippen LogP contribution in [-0.2, 0) is 11.3 Å². The van der Waals surface area contributed by atoms with E-state index >= 15 is 0 Å². The van der Waals surface area contributed by atoms with Crippen molar-refractivity contribution in [2.24, 2.45) is 0 Å². The maximum absolute atomic E-state index is 12.3. The zero-order chi connectivity index (χ0) is 20.4. The Labute approximate surface area is 177 Å². The molecule has 0 amide bonds. The van der Waals surface area contributed by atoms with Crippen molar-refractivity contribution in [1.29, 1.82) is 0 Å². The van der Waals surface area contributed by atoms with Crippen LogP contribution in [0.3, 0.4) is 0 Å². The quantitative estimate of drug-likeness (QED) is 0.396. The van der Waals surface area contributed by atoms with Crippen LogP contribution in [0, 0.1) is 6.92 Å². The number of hydrogen-bond donors (Lipinski definition) is 1. The largest absolute Gasteiger partial charge is 0.462 e. The van der Waals surface area contributed by atoms with Gasteiger partial charge in [0.2, 0.25) is 0 Å². The first kappa shape index (κ1) is 19.5. The maximum atomic E-state index is 12.3. The van der Waals surface area contributed by atoms with E-state index in [1.54, 1.807) is 6.92 Å². The molecule has 1 N–H and O–H groups in total. The normalized spacial score (nSPS) is 11.0. The molecule has 4 aromatic rings. The standard InChI is InChI=1S/C22H20ClN3O2S/c1-3-28-21(27)19-14(2)26-20(24-13-15-8-5-4-6-9-15)18(25-22(26)29-19)16-10-7-11-17(23)12-16/h4-12,24H,3,13H2,1-2H3. The van der Waals surface area contributed by atoms with Gasteiger partial charge in [0.15, 0.2) is 4.96 Å². The van der Waals surface area contributed by atoms with Gasteiger partial charge in [-0.15, -0.1) is 0 Å². The highest BCUT2D eigenvalue weighted by atomic mass is 35.5. The zero-order valence-corrected chi connectivity index (χ0v) is 17.7. The highest BCUT2D eigenvalue weighted by Crippen LogP contribution is 2.35. The van der Waals surface area contributed by atoms with Crippen molar-refractivity contribution in [3.05, 3.63) is 75.8 Å². The predicted molar refractivity (Wildman–Crippen MR) is 118 cm³/mol. The number of carbonyl (C=O) groups excluding carboxylic acids is 1. The van der Waals surface area contributed by atoms with E-state index in [-0.39, 0.29) is 5.97 Å². The van der Waals surface area contributed by atoms with Crippen LogP contribution in [0.1, 0.15) is 27.9 Å². The lowest BCUT2D eigenvalue weighted by Crippen LogP contribution is -2.07. The first-order valence-electron chi connectivity index (χ1n) is 9.31. The Hall–Kier alpha value is -2.83. The van der Waals surface area contributed by atoms with Crippen molar-refractivity contribution in [3.8, 4) is 11.3 Å². The highest BCUT2D eigenvalue weighted by molar-refractivity contribution is 7.19. The Morgan fingerprint density at radius 2 is 2.00 bits per heavy atom. The van der Waals surface area contributed by atoms with Crippen molar-refractivity contribution in [2.45, 2.75) is 20.4 Å². The molecule has 0 aliphatic heterocycles. The summed E-state index contributed by atoms with van der Waals surface area (Å²) in [5.74, 6) is 0.509. The van der Waals surface area contributed by atoms with Gasteiger partial charge in [-0.1, -0.05) is 65.4 Å². The summed E-state index contributed by atoms with van der Waals surface area (Å²) in [7, 11) is 0. The van der Waals surface area contributed by atoms with E-state index in [0.717, 1.165) is 33.3 Å². The first-order chi connectivity index (χ1) is 14.1. The van der Waals surface area contributed by atoms with E-state index in [2.05, 4.69) is 17.4 Å². The number of imidazole rings is 1. The molecule has 2 aromatic carbocycles. The van der Waals surface area contributed by atoms with Crippen molar-refractivity contribution >= 4 is 39.7 Å². The average molecular weight is 426 g/mol. The van der Waals surface area contributed by atoms with E-state index in [1.165, 1.54) is 11.3 Å². The lowest BCUT2D eigenvalue weighted by atomic mass is 10.1. The molecule has 0 saturated heterocycles. The van der Waals surface area contributed by atoms with Crippen LogP contribution in [-0.4, -0.2) is 22.0 Å². The average Bonchev–Trinajstić information content (AvgIpc) is 3.24. The van der Waals surface area contributed by atoms with Crippen LogP contribution in [0.5, 0.6) is 0 Å². The number of thiazole rings is 1. The molecule has 0 fully saturated rings. The van der Waals surface area contributed by atoms with Crippen LogP contribution in [0.25, 0.3) is 16.2 Å². The second-order valence-corrected chi connectivity index (χ2v) is 7.93. The van der Waals surface area contributed by atoms with Crippen LogP contribution in [0.4, 0.5) is 5.82 Å². The molecule has 0 unspecified atom stereocenters. The lowest BCUT2D eigenvalue weighted by molar-refractivity contribution is 0.0531. The SMILES string of the molecule is CCOC(=O)c1sc2nc(-c3cccc(Cl)c3)c(NCc3ccccc3)n2c1C. The summed E-state index contributed by atoms with van der Waals surface area (Å²) in [5, 5.41) is 4.16. The Morgan fingerprint density at radius 3 is 2.72 bits per heavy atom. The minimum Gasteiger partial charge on any atom is -0.462 e. The fourth-order valence-electron chi connectivity index (χ4n) is 3.21. The van der Waals surface area contributed by atoms with E-state index in [1.807, 2.05) is 53.8 Å². The molecule has 5 nitrogen and oxygen atoms in total. The molecule has 0 bridgehead atoms. The van der Waals surface area contributed by atoms with E-state index in [4.69, 9.17) is 21.3 Å². The topological polar surface area (TPSA) is 55.6 Å². The van der Waals surface area contributed by atoms with Crippen LogP contribution < -0.4 is 5.32 Å². The Bertz CT molecular complexity index is 1170. The third-order valence-corrected chi connectivity index (χ3v) is 5.92. The molecule has 148 valence electrons. The number of hydrogen-bond acceptors (Lipinski definition) is 5. The van der Waals surface area contributed by atoms with Gasteiger partial charge in [-0.05, 0) is 31.5 Å². The van der Waals surface area contributed by atoms with Gasteiger partial charge in [0, 0.05) is 22.8 Å². The Morgan fingerprint density at radius 1 is 1.21 bits per heavy atom. The van der Waals surface area contributed by atoms with Gasteiger partial charge in [0.05, 0.1) is 6.61 Å². The van der Waals surface area contributed by atoms with E-state index in [9.17, 15) is 4.79 Å². The molecule has 2 heterocycles. The highest BCUT2D eigenvalue weighted by Gasteiger charge is 2.23.